The van der Waals surface area contributed by atoms with E-state index < -0.39 is 22.7 Å². The van der Waals surface area contributed by atoms with Gasteiger partial charge in [0.1, 0.15) is 0 Å². The molecule has 1 aromatic heterocycles. The number of piperazine rings is 1. The van der Waals surface area contributed by atoms with Gasteiger partial charge in [-0.1, -0.05) is 12.1 Å². The maximum Gasteiger partial charge on any atom is 0.401 e. The molecular formula is C15H19F3N4O2S. The summed E-state index contributed by atoms with van der Waals surface area (Å²) in [5.74, 6) is -0.105. The van der Waals surface area contributed by atoms with Crippen LogP contribution in [0.15, 0.2) is 30.6 Å². The Morgan fingerprint density at radius 3 is 2.44 bits per heavy atom. The number of aromatic nitrogens is 2. The van der Waals surface area contributed by atoms with Crippen molar-refractivity contribution in [2.75, 3.05) is 38.5 Å². The Labute approximate surface area is 143 Å². The van der Waals surface area contributed by atoms with Crippen molar-refractivity contribution in [2.24, 2.45) is 0 Å². The van der Waals surface area contributed by atoms with Gasteiger partial charge in [-0.15, -0.1) is 0 Å². The van der Waals surface area contributed by atoms with E-state index in [1.54, 1.807) is 10.9 Å². The Hall–Kier alpha value is -1.65. The Balaban J connectivity index is 1.58. The smallest absolute Gasteiger partial charge is 0.330 e. The van der Waals surface area contributed by atoms with E-state index in [-0.39, 0.29) is 38.5 Å². The first-order valence-corrected chi connectivity index (χ1v) is 9.52. The Morgan fingerprint density at radius 2 is 1.76 bits per heavy atom. The van der Waals surface area contributed by atoms with Crippen LogP contribution < -0.4 is 0 Å². The summed E-state index contributed by atoms with van der Waals surface area (Å²) in [5.41, 5.74) is 1.65. The number of aryl methyl sites for hydroxylation is 1. The van der Waals surface area contributed by atoms with Crippen LogP contribution in [0.25, 0.3) is 11.0 Å². The predicted molar refractivity (Wildman–Crippen MR) is 87.6 cm³/mol. The van der Waals surface area contributed by atoms with E-state index in [0.29, 0.717) is 0 Å². The van der Waals surface area contributed by atoms with Crippen molar-refractivity contribution in [3.63, 3.8) is 0 Å². The van der Waals surface area contributed by atoms with E-state index >= 15 is 0 Å². The number of hydrogen-bond donors (Lipinski definition) is 0. The molecule has 1 fully saturated rings. The van der Waals surface area contributed by atoms with Crippen LogP contribution in [0.1, 0.15) is 0 Å². The molecule has 1 aliphatic rings. The van der Waals surface area contributed by atoms with Gasteiger partial charge >= 0.3 is 6.18 Å². The van der Waals surface area contributed by atoms with E-state index in [9.17, 15) is 21.6 Å². The minimum atomic E-state index is -4.26. The number of fused-ring (bicyclic) bond motifs is 1. The fourth-order valence-corrected chi connectivity index (χ4v) is 4.36. The number of alkyl halides is 3. The van der Waals surface area contributed by atoms with E-state index in [0.717, 1.165) is 11.0 Å². The average molecular weight is 376 g/mol. The maximum atomic E-state index is 12.5. The lowest BCUT2D eigenvalue weighted by molar-refractivity contribution is -0.148. The molecule has 0 aliphatic carbocycles. The van der Waals surface area contributed by atoms with Crippen LogP contribution in [0.2, 0.25) is 0 Å². The van der Waals surface area contributed by atoms with Gasteiger partial charge < -0.3 is 4.57 Å². The maximum absolute atomic E-state index is 12.5. The summed E-state index contributed by atoms with van der Waals surface area (Å²) in [4.78, 5) is 5.45. The first kappa shape index (κ1) is 18.2. The van der Waals surface area contributed by atoms with Crippen molar-refractivity contribution in [3.05, 3.63) is 30.6 Å². The number of para-hydroxylation sites is 2. The van der Waals surface area contributed by atoms with Gasteiger partial charge in [-0.05, 0) is 12.1 Å². The first-order valence-electron chi connectivity index (χ1n) is 7.91. The normalized spacial score (nSPS) is 18.0. The number of nitrogens with zero attached hydrogens (tertiary/aromatic N) is 4. The van der Waals surface area contributed by atoms with Crippen LogP contribution in [0.4, 0.5) is 13.2 Å². The number of sulfonamides is 1. The highest BCUT2D eigenvalue weighted by Gasteiger charge is 2.34. The predicted octanol–water partition coefficient (Wildman–Crippen LogP) is 1.55. The molecule has 0 bridgehead atoms. The molecule has 1 aromatic carbocycles. The average Bonchev–Trinajstić information content (AvgIpc) is 2.95. The molecule has 0 radical (unpaired) electrons. The summed E-state index contributed by atoms with van der Waals surface area (Å²) < 4.78 is 65.2. The van der Waals surface area contributed by atoms with Crippen molar-refractivity contribution in [3.8, 4) is 0 Å². The zero-order valence-electron chi connectivity index (χ0n) is 13.5. The zero-order chi connectivity index (χ0) is 18.1. The molecule has 1 aliphatic heterocycles. The lowest BCUT2D eigenvalue weighted by Crippen LogP contribution is -2.51. The number of halogens is 3. The van der Waals surface area contributed by atoms with Crippen LogP contribution in [-0.4, -0.2) is 71.8 Å². The van der Waals surface area contributed by atoms with E-state index in [2.05, 4.69) is 4.98 Å². The van der Waals surface area contributed by atoms with E-state index in [4.69, 9.17) is 0 Å². The summed E-state index contributed by atoms with van der Waals surface area (Å²) in [7, 11) is -3.52. The van der Waals surface area contributed by atoms with Crippen LogP contribution in [0, 0.1) is 0 Å². The molecule has 2 aromatic rings. The molecule has 0 amide bonds. The Kier molecular flexibility index (Phi) is 5.03. The van der Waals surface area contributed by atoms with E-state index in [1.165, 1.54) is 9.21 Å². The fourth-order valence-electron chi connectivity index (χ4n) is 2.95. The van der Waals surface area contributed by atoms with Crippen LogP contribution in [-0.2, 0) is 16.6 Å². The lowest BCUT2D eigenvalue weighted by Gasteiger charge is -2.34. The summed E-state index contributed by atoms with van der Waals surface area (Å²) in [6, 6.07) is 7.43. The molecule has 10 heteroatoms. The standard InChI is InChI=1S/C15H19F3N4O2S/c16-15(17,18)11-20-5-7-22(8-6-20)25(23,24)10-9-21-12-19-13-3-1-2-4-14(13)21/h1-4,12H,5-11H2. The van der Waals surface area contributed by atoms with Crippen LogP contribution in [0.5, 0.6) is 0 Å². The molecule has 0 saturated carbocycles. The number of hydrogen-bond acceptors (Lipinski definition) is 4. The highest BCUT2D eigenvalue weighted by atomic mass is 32.2. The molecule has 3 rings (SSSR count). The molecule has 2 heterocycles. The van der Waals surface area contributed by atoms with Gasteiger partial charge in [0.25, 0.3) is 0 Å². The molecule has 0 atom stereocenters. The molecule has 1 saturated heterocycles. The van der Waals surface area contributed by atoms with Gasteiger partial charge in [0.15, 0.2) is 0 Å². The van der Waals surface area contributed by atoms with Gasteiger partial charge in [0, 0.05) is 32.7 Å². The van der Waals surface area contributed by atoms with E-state index in [1.807, 2.05) is 24.3 Å². The highest BCUT2D eigenvalue weighted by molar-refractivity contribution is 7.89. The van der Waals surface area contributed by atoms with Crippen molar-refractivity contribution in [1.29, 1.82) is 0 Å². The minimum absolute atomic E-state index is 0.0864. The zero-order valence-corrected chi connectivity index (χ0v) is 14.3. The van der Waals surface area contributed by atoms with Crippen molar-refractivity contribution in [2.45, 2.75) is 12.7 Å². The third-order valence-electron chi connectivity index (χ3n) is 4.25. The monoisotopic (exact) mass is 376 g/mol. The summed E-state index contributed by atoms with van der Waals surface area (Å²) in [6.07, 6.45) is -2.66. The molecule has 25 heavy (non-hydrogen) atoms. The molecule has 0 spiro atoms. The van der Waals surface area contributed by atoms with Crippen molar-refractivity contribution >= 4 is 21.1 Å². The number of imidazole rings is 1. The SMILES string of the molecule is O=S(=O)(CCn1cnc2ccccc21)N1CCN(CC(F)(F)F)CC1. The van der Waals surface area contributed by atoms with Gasteiger partial charge in [0.05, 0.1) is 29.7 Å². The van der Waals surface area contributed by atoms with Gasteiger partial charge in [-0.2, -0.15) is 17.5 Å². The second-order valence-corrected chi connectivity index (χ2v) is 8.12. The number of rotatable bonds is 5. The van der Waals surface area contributed by atoms with Crippen molar-refractivity contribution in [1.82, 2.24) is 18.8 Å². The Morgan fingerprint density at radius 1 is 1.08 bits per heavy atom. The van der Waals surface area contributed by atoms with Crippen LogP contribution in [0.3, 0.4) is 0 Å². The largest absolute Gasteiger partial charge is 0.401 e. The quantitative estimate of drug-likeness (QED) is 0.795. The molecule has 138 valence electrons. The summed E-state index contributed by atoms with van der Waals surface area (Å²) in [6.45, 7) is -0.390. The van der Waals surface area contributed by atoms with Gasteiger partial charge in [-0.25, -0.2) is 13.4 Å². The summed E-state index contributed by atoms with van der Waals surface area (Å²) >= 11 is 0. The van der Waals surface area contributed by atoms with Crippen LogP contribution >= 0.6 is 0 Å². The topological polar surface area (TPSA) is 58.4 Å². The molecular weight excluding hydrogens is 357 g/mol. The van der Waals surface area contributed by atoms with Crippen molar-refractivity contribution < 1.29 is 21.6 Å². The second kappa shape index (κ2) is 6.93. The lowest BCUT2D eigenvalue weighted by atomic mass is 10.3. The van der Waals surface area contributed by atoms with Gasteiger partial charge in [0.2, 0.25) is 10.0 Å². The highest BCUT2D eigenvalue weighted by Crippen LogP contribution is 2.18. The fraction of sp³-hybridized carbons (Fsp3) is 0.533. The third kappa shape index (κ3) is 4.50. The molecule has 6 nitrogen and oxygen atoms in total. The van der Waals surface area contributed by atoms with Gasteiger partial charge in [-0.3, -0.25) is 4.90 Å². The molecule has 0 unspecified atom stereocenters. The second-order valence-electron chi connectivity index (χ2n) is 6.03. The summed E-state index contributed by atoms with van der Waals surface area (Å²) in [5, 5.41) is 0. The minimum Gasteiger partial charge on any atom is -0.330 e. The molecule has 0 N–H and O–H groups in total. The number of benzene rings is 1. The Bertz CT molecular complexity index is 827. The first-order chi connectivity index (χ1) is 11.7. The third-order valence-corrected chi connectivity index (χ3v) is 6.10.